The predicted molar refractivity (Wildman–Crippen MR) is 96.3 cm³/mol. The van der Waals surface area contributed by atoms with E-state index in [-0.39, 0.29) is 11.8 Å². The second-order valence-electron chi connectivity index (χ2n) is 5.96. The number of hydrogen-bond donors (Lipinski definition) is 3. The van der Waals surface area contributed by atoms with Gasteiger partial charge in [0.05, 0.1) is 6.61 Å². The summed E-state index contributed by atoms with van der Waals surface area (Å²) in [5, 5.41) is 9.40. The molecular formula is C18H28N4O2. The molecule has 0 unspecified atom stereocenters. The van der Waals surface area contributed by atoms with Crippen molar-refractivity contribution in [3.63, 3.8) is 0 Å². The summed E-state index contributed by atoms with van der Waals surface area (Å²) in [7, 11) is 1.73. The third kappa shape index (κ3) is 5.76. The van der Waals surface area contributed by atoms with Crippen molar-refractivity contribution in [2.24, 2.45) is 10.9 Å². The molecule has 1 aromatic carbocycles. The minimum atomic E-state index is 0.167. The highest BCUT2D eigenvalue weighted by Gasteiger charge is 2.28. The Balaban J connectivity index is 1.75. The van der Waals surface area contributed by atoms with Crippen LogP contribution in [0.5, 0.6) is 5.75 Å². The quantitative estimate of drug-likeness (QED) is 0.384. The molecule has 6 heteroatoms. The highest BCUT2D eigenvalue weighted by atomic mass is 16.5. The minimum Gasteiger partial charge on any atom is -0.494 e. The number of aliphatic imine (C=N–C) groups is 1. The summed E-state index contributed by atoms with van der Waals surface area (Å²) in [6, 6.07) is 6.18. The molecule has 1 fully saturated rings. The lowest BCUT2D eigenvalue weighted by Crippen LogP contribution is -2.41. The maximum absolute atomic E-state index is 11.6. The van der Waals surface area contributed by atoms with E-state index in [4.69, 9.17) is 4.74 Å². The fraction of sp³-hybridized carbons (Fsp3) is 0.556. The molecule has 1 saturated carbocycles. The predicted octanol–water partition coefficient (Wildman–Crippen LogP) is 1.58. The van der Waals surface area contributed by atoms with Crippen LogP contribution in [0.15, 0.2) is 23.2 Å². The van der Waals surface area contributed by atoms with Gasteiger partial charge in [0.25, 0.3) is 0 Å². The number of ether oxygens (including phenoxy) is 1. The van der Waals surface area contributed by atoms with Gasteiger partial charge in [-0.2, -0.15) is 0 Å². The molecular weight excluding hydrogens is 304 g/mol. The molecule has 0 radical (unpaired) electrons. The van der Waals surface area contributed by atoms with Crippen LogP contribution in [-0.4, -0.2) is 38.6 Å². The van der Waals surface area contributed by atoms with Gasteiger partial charge in [0.2, 0.25) is 5.91 Å². The van der Waals surface area contributed by atoms with E-state index in [1.165, 1.54) is 5.56 Å². The van der Waals surface area contributed by atoms with E-state index < -0.39 is 0 Å². The van der Waals surface area contributed by atoms with Gasteiger partial charge in [-0.15, -0.1) is 0 Å². The van der Waals surface area contributed by atoms with Gasteiger partial charge in [0, 0.05) is 38.2 Å². The molecule has 0 spiro atoms. The number of nitrogens with zero attached hydrogens (tertiary/aromatic N) is 1. The van der Waals surface area contributed by atoms with Crippen LogP contribution in [0.4, 0.5) is 0 Å². The molecule has 1 aromatic rings. The molecule has 24 heavy (non-hydrogen) atoms. The first kappa shape index (κ1) is 18.1. The number of hydrogen-bond acceptors (Lipinski definition) is 3. The molecule has 3 N–H and O–H groups in total. The lowest BCUT2D eigenvalue weighted by Gasteiger charge is -2.15. The normalized spacial score (nSPS) is 14.2. The van der Waals surface area contributed by atoms with E-state index in [2.05, 4.69) is 40.0 Å². The van der Waals surface area contributed by atoms with E-state index >= 15 is 0 Å². The topological polar surface area (TPSA) is 74.8 Å². The highest BCUT2D eigenvalue weighted by Crippen LogP contribution is 2.28. The second kappa shape index (κ2) is 9.15. The molecule has 132 valence electrons. The maximum Gasteiger partial charge on any atom is 0.223 e. The Morgan fingerprint density at radius 3 is 2.67 bits per heavy atom. The third-order valence-electron chi connectivity index (χ3n) is 3.86. The summed E-state index contributed by atoms with van der Waals surface area (Å²) in [4.78, 5) is 15.8. The Labute approximate surface area is 144 Å². The van der Waals surface area contributed by atoms with Crippen molar-refractivity contribution in [3.8, 4) is 5.75 Å². The Kier molecular flexibility index (Phi) is 6.90. The standard InChI is InChI=1S/C18H28N4O2/c1-4-24-16-11-13(2)5-6-15(16)12-22-18(19-3)21-10-9-20-17(23)14-7-8-14/h5-6,11,14H,4,7-10,12H2,1-3H3,(H,20,23)(H2,19,21,22). The van der Waals surface area contributed by atoms with Crippen LogP contribution in [0.3, 0.4) is 0 Å². The van der Waals surface area contributed by atoms with Crippen LogP contribution in [0.1, 0.15) is 30.9 Å². The van der Waals surface area contributed by atoms with Crippen molar-refractivity contribution in [1.82, 2.24) is 16.0 Å². The smallest absolute Gasteiger partial charge is 0.223 e. The zero-order valence-corrected chi connectivity index (χ0v) is 14.8. The molecule has 0 heterocycles. The van der Waals surface area contributed by atoms with E-state index in [0.29, 0.717) is 32.2 Å². The molecule has 1 amide bonds. The number of benzene rings is 1. The number of carbonyl (C=O) groups excluding carboxylic acids is 1. The molecule has 6 nitrogen and oxygen atoms in total. The largest absolute Gasteiger partial charge is 0.494 e. The average Bonchev–Trinajstić information content (AvgIpc) is 3.41. The van der Waals surface area contributed by atoms with Crippen molar-refractivity contribution < 1.29 is 9.53 Å². The van der Waals surface area contributed by atoms with E-state index in [0.717, 1.165) is 24.2 Å². The zero-order chi connectivity index (χ0) is 17.4. The number of aryl methyl sites for hydroxylation is 1. The highest BCUT2D eigenvalue weighted by molar-refractivity contribution is 5.81. The summed E-state index contributed by atoms with van der Waals surface area (Å²) in [6.45, 7) is 6.55. The fourth-order valence-corrected chi connectivity index (χ4v) is 2.35. The van der Waals surface area contributed by atoms with Crippen LogP contribution < -0.4 is 20.7 Å². The van der Waals surface area contributed by atoms with Gasteiger partial charge in [0.1, 0.15) is 5.75 Å². The molecule has 0 atom stereocenters. The van der Waals surface area contributed by atoms with Crippen LogP contribution in [-0.2, 0) is 11.3 Å². The Morgan fingerprint density at radius 2 is 2.00 bits per heavy atom. The van der Waals surface area contributed by atoms with Crippen molar-refractivity contribution in [3.05, 3.63) is 29.3 Å². The van der Waals surface area contributed by atoms with Gasteiger partial charge in [0.15, 0.2) is 5.96 Å². The lowest BCUT2D eigenvalue weighted by atomic mass is 10.1. The second-order valence-corrected chi connectivity index (χ2v) is 5.96. The van der Waals surface area contributed by atoms with Crippen LogP contribution >= 0.6 is 0 Å². The molecule has 0 saturated heterocycles. The number of nitrogens with one attached hydrogen (secondary N) is 3. The Bertz CT molecular complexity index is 582. The summed E-state index contributed by atoms with van der Waals surface area (Å²) in [6.07, 6.45) is 2.06. The minimum absolute atomic E-state index is 0.167. The van der Waals surface area contributed by atoms with Gasteiger partial charge in [-0.25, -0.2) is 0 Å². The first-order valence-electron chi connectivity index (χ1n) is 8.58. The first-order valence-corrected chi connectivity index (χ1v) is 8.58. The molecule has 2 rings (SSSR count). The molecule has 0 aromatic heterocycles. The van der Waals surface area contributed by atoms with Gasteiger partial charge in [-0.05, 0) is 38.3 Å². The number of rotatable bonds is 8. The van der Waals surface area contributed by atoms with Crippen molar-refractivity contribution >= 4 is 11.9 Å². The van der Waals surface area contributed by atoms with Gasteiger partial charge >= 0.3 is 0 Å². The van der Waals surface area contributed by atoms with Crippen molar-refractivity contribution in [2.75, 3.05) is 26.7 Å². The molecule has 0 aliphatic heterocycles. The SMILES string of the molecule is CCOc1cc(C)ccc1CNC(=NC)NCCNC(=O)C1CC1. The molecule has 1 aliphatic carbocycles. The van der Waals surface area contributed by atoms with E-state index in [1.807, 2.05) is 13.0 Å². The molecule has 1 aliphatic rings. The molecule has 0 bridgehead atoms. The van der Waals surface area contributed by atoms with Crippen molar-refractivity contribution in [1.29, 1.82) is 0 Å². The summed E-state index contributed by atoms with van der Waals surface area (Å²) < 4.78 is 5.69. The van der Waals surface area contributed by atoms with Crippen LogP contribution in [0, 0.1) is 12.8 Å². The van der Waals surface area contributed by atoms with E-state index in [9.17, 15) is 4.79 Å². The number of carbonyl (C=O) groups is 1. The van der Waals surface area contributed by atoms with Gasteiger partial charge < -0.3 is 20.7 Å². The van der Waals surface area contributed by atoms with E-state index in [1.54, 1.807) is 7.05 Å². The number of guanidine groups is 1. The lowest BCUT2D eigenvalue weighted by molar-refractivity contribution is -0.122. The van der Waals surface area contributed by atoms with Crippen LogP contribution in [0.2, 0.25) is 0 Å². The Hall–Kier alpha value is -2.24. The number of amides is 1. The summed E-state index contributed by atoms with van der Waals surface area (Å²) >= 11 is 0. The monoisotopic (exact) mass is 332 g/mol. The fourth-order valence-electron chi connectivity index (χ4n) is 2.35. The van der Waals surface area contributed by atoms with Gasteiger partial charge in [-0.1, -0.05) is 12.1 Å². The zero-order valence-electron chi connectivity index (χ0n) is 14.8. The van der Waals surface area contributed by atoms with Gasteiger partial charge in [-0.3, -0.25) is 9.79 Å². The average molecular weight is 332 g/mol. The maximum atomic E-state index is 11.6. The Morgan fingerprint density at radius 1 is 1.25 bits per heavy atom. The first-order chi connectivity index (χ1) is 11.6. The summed E-state index contributed by atoms with van der Waals surface area (Å²) in [5.74, 6) is 2.03. The third-order valence-corrected chi connectivity index (χ3v) is 3.86. The van der Waals surface area contributed by atoms with Crippen LogP contribution in [0.25, 0.3) is 0 Å². The summed E-state index contributed by atoms with van der Waals surface area (Å²) in [5.41, 5.74) is 2.27. The van der Waals surface area contributed by atoms with Crippen molar-refractivity contribution in [2.45, 2.75) is 33.2 Å².